The SMILES string of the molecule is O=C1NN(c2ccc(Cl)cc2)C(=O)C1=Cc1cccc([N+](=O)[O-])c1. The molecule has 8 heteroatoms. The van der Waals surface area contributed by atoms with Crippen LogP contribution in [0.15, 0.2) is 54.1 Å². The van der Waals surface area contributed by atoms with Crippen LogP contribution in [0.1, 0.15) is 5.56 Å². The Bertz CT molecular complexity index is 877. The third-order valence-electron chi connectivity index (χ3n) is 3.37. The lowest BCUT2D eigenvalue weighted by Crippen LogP contribution is -2.35. The van der Waals surface area contributed by atoms with E-state index in [1.165, 1.54) is 24.3 Å². The van der Waals surface area contributed by atoms with Crippen molar-refractivity contribution in [1.29, 1.82) is 0 Å². The van der Waals surface area contributed by atoms with E-state index in [-0.39, 0.29) is 11.3 Å². The quantitative estimate of drug-likeness (QED) is 0.401. The highest BCUT2D eigenvalue weighted by Crippen LogP contribution is 2.24. The molecule has 1 heterocycles. The van der Waals surface area contributed by atoms with Crippen LogP contribution >= 0.6 is 11.6 Å². The Morgan fingerprint density at radius 1 is 1.12 bits per heavy atom. The number of nitro benzene ring substituents is 1. The van der Waals surface area contributed by atoms with Gasteiger partial charge in [0.2, 0.25) is 0 Å². The molecular weight excluding hydrogens is 334 g/mol. The van der Waals surface area contributed by atoms with Gasteiger partial charge in [-0.2, -0.15) is 0 Å². The first kappa shape index (κ1) is 15.7. The summed E-state index contributed by atoms with van der Waals surface area (Å²) < 4.78 is 0. The number of hydrogen-bond donors (Lipinski definition) is 1. The van der Waals surface area contributed by atoms with Gasteiger partial charge in [-0.25, -0.2) is 5.01 Å². The van der Waals surface area contributed by atoms with Crippen molar-refractivity contribution in [2.45, 2.75) is 0 Å². The topological polar surface area (TPSA) is 92.6 Å². The van der Waals surface area contributed by atoms with Gasteiger partial charge in [0.1, 0.15) is 5.57 Å². The third kappa shape index (κ3) is 2.97. The molecule has 7 nitrogen and oxygen atoms in total. The molecule has 1 fully saturated rings. The van der Waals surface area contributed by atoms with Crippen molar-refractivity contribution in [1.82, 2.24) is 5.43 Å². The van der Waals surface area contributed by atoms with Crippen molar-refractivity contribution >= 4 is 40.9 Å². The number of nitro groups is 1. The zero-order valence-corrected chi connectivity index (χ0v) is 12.9. The fourth-order valence-electron chi connectivity index (χ4n) is 2.22. The maximum atomic E-state index is 12.4. The molecule has 120 valence electrons. The number of non-ortho nitro benzene ring substituents is 1. The van der Waals surface area contributed by atoms with Crippen molar-refractivity contribution in [2.75, 3.05) is 5.01 Å². The van der Waals surface area contributed by atoms with Crippen LogP contribution < -0.4 is 10.4 Å². The Morgan fingerprint density at radius 3 is 2.50 bits per heavy atom. The Labute approximate surface area is 141 Å². The monoisotopic (exact) mass is 343 g/mol. The first-order valence-corrected chi connectivity index (χ1v) is 7.20. The van der Waals surface area contributed by atoms with Crippen LogP contribution in [0.4, 0.5) is 11.4 Å². The van der Waals surface area contributed by atoms with E-state index in [2.05, 4.69) is 5.43 Å². The van der Waals surface area contributed by atoms with Crippen LogP contribution in [0, 0.1) is 10.1 Å². The van der Waals surface area contributed by atoms with E-state index < -0.39 is 16.7 Å². The minimum absolute atomic E-state index is 0.106. The first-order chi connectivity index (χ1) is 11.5. The van der Waals surface area contributed by atoms with E-state index in [4.69, 9.17) is 11.6 Å². The fourth-order valence-corrected chi connectivity index (χ4v) is 2.35. The summed E-state index contributed by atoms with van der Waals surface area (Å²) in [6.07, 6.45) is 1.32. The summed E-state index contributed by atoms with van der Waals surface area (Å²) in [6.45, 7) is 0. The molecule has 24 heavy (non-hydrogen) atoms. The molecule has 2 aromatic rings. The minimum atomic E-state index is -0.582. The summed E-state index contributed by atoms with van der Waals surface area (Å²) >= 11 is 5.80. The largest absolute Gasteiger partial charge is 0.282 e. The van der Waals surface area contributed by atoms with Gasteiger partial charge in [-0.1, -0.05) is 23.7 Å². The molecular formula is C16H10ClN3O4. The average Bonchev–Trinajstić information content (AvgIpc) is 2.84. The van der Waals surface area contributed by atoms with Gasteiger partial charge in [0.15, 0.2) is 0 Å². The molecule has 0 radical (unpaired) electrons. The van der Waals surface area contributed by atoms with Crippen molar-refractivity contribution in [3.63, 3.8) is 0 Å². The Morgan fingerprint density at radius 2 is 1.83 bits per heavy atom. The lowest BCUT2D eigenvalue weighted by Gasteiger charge is -2.14. The number of halogens is 1. The summed E-state index contributed by atoms with van der Waals surface area (Å²) in [7, 11) is 0. The lowest BCUT2D eigenvalue weighted by molar-refractivity contribution is -0.384. The van der Waals surface area contributed by atoms with Gasteiger partial charge in [0.25, 0.3) is 17.5 Å². The van der Waals surface area contributed by atoms with Crippen molar-refractivity contribution < 1.29 is 14.5 Å². The highest BCUT2D eigenvalue weighted by molar-refractivity contribution is 6.32. The molecule has 2 amide bonds. The molecule has 3 rings (SSSR count). The van der Waals surface area contributed by atoms with Gasteiger partial charge in [-0.3, -0.25) is 25.1 Å². The summed E-state index contributed by atoms with van der Waals surface area (Å²) in [5.41, 5.74) is 3.07. The average molecular weight is 344 g/mol. The summed E-state index contributed by atoms with van der Waals surface area (Å²) in [5, 5.41) is 12.4. The number of benzene rings is 2. The van der Waals surface area contributed by atoms with Crippen LogP contribution in [0.2, 0.25) is 5.02 Å². The summed E-state index contributed by atoms with van der Waals surface area (Å²) in [6, 6.07) is 12.1. The maximum absolute atomic E-state index is 12.4. The molecule has 1 aliphatic heterocycles. The second-order valence-electron chi connectivity index (χ2n) is 4.97. The number of anilines is 1. The molecule has 0 spiro atoms. The van der Waals surface area contributed by atoms with Gasteiger partial charge < -0.3 is 0 Å². The second kappa shape index (κ2) is 6.13. The lowest BCUT2D eigenvalue weighted by atomic mass is 10.1. The van der Waals surface area contributed by atoms with E-state index in [0.717, 1.165) is 5.01 Å². The van der Waals surface area contributed by atoms with Crippen molar-refractivity contribution in [2.24, 2.45) is 0 Å². The number of amides is 2. The number of hydrazine groups is 1. The molecule has 0 bridgehead atoms. The van der Waals surface area contributed by atoms with Crippen LogP contribution in [0.3, 0.4) is 0 Å². The van der Waals surface area contributed by atoms with E-state index in [1.807, 2.05) is 0 Å². The van der Waals surface area contributed by atoms with Gasteiger partial charge in [0.05, 0.1) is 10.6 Å². The van der Waals surface area contributed by atoms with E-state index in [1.54, 1.807) is 30.3 Å². The predicted molar refractivity (Wildman–Crippen MR) is 88.2 cm³/mol. The van der Waals surface area contributed by atoms with Crippen molar-refractivity contribution in [3.8, 4) is 0 Å². The zero-order chi connectivity index (χ0) is 17.3. The zero-order valence-electron chi connectivity index (χ0n) is 12.1. The Balaban J connectivity index is 1.93. The van der Waals surface area contributed by atoms with Gasteiger partial charge in [-0.05, 0) is 35.9 Å². The van der Waals surface area contributed by atoms with Gasteiger partial charge in [0, 0.05) is 17.2 Å². The molecule has 1 N–H and O–H groups in total. The highest BCUT2D eigenvalue weighted by Gasteiger charge is 2.34. The standard InChI is InChI=1S/C16H10ClN3O4/c17-11-4-6-12(7-5-11)19-16(22)14(15(21)18-19)9-10-2-1-3-13(8-10)20(23)24/h1-9H,(H,18,21). The molecule has 2 aromatic carbocycles. The van der Waals surface area contributed by atoms with Crippen LogP contribution in [-0.2, 0) is 9.59 Å². The number of carbonyl (C=O) groups is 2. The first-order valence-electron chi connectivity index (χ1n) is 6.83. The summed E-state index contributed by atoms with van der Waals surface area (Å²) in [4.78, 5) is 34.7. The normalized spacial score (nSPS) is 15.7. The van der Waals surface area contributed by atoms with E-state index >= 15 is 0 Å². The molecule has 1 saturated heterocycles. The van der Waals surface area contributed by atoms with Crippen LogP contribution in [-0.4, -0.2) is 16.7 Å². The van der Waals surface area contributed by atoms with Crippen molar-refractivity contribution in [3.05, 3.63) is 74.8 Å². The molecule has 1 aliphatic rings. The van der Waals surface area contributed by atoms with Gasteiger partial charge in [-0.15, -0.1) is 0 Å². The molecule has 0 aliphatic carbocycles. The molecule has 0 atom stereocenters. The fraction of sp³-hybridized carbons (Fsp3) is 0. The Hall–Kier alpha value is -3.19. The smallest absolute Gasteiger partial charge is 0.267 e. The highest BCUT2D eigenvalue weighted by atomic mass is 35.5. The summed E-state index contributed by atoms with van der Waals surface area (Å²) in [5.74, 6) is -1.13. The van der Waals surface area contributed by atoms with E-state index in [9.17, 15) is 19.7 Å². The van der Waals surface area contributed by atoms with Crippen LogP contribution in [0.5, 0.6) is 0 Å². The number of rotatable bonds is 3. The third-order valence-corrected chi connectivity index (χ3v) is 3.62. The predicted octanol–water partition coefficient (Wildman–Crippen LogP) is 2.71. The molecule has 0 saturated carbocycles. The molecule has 0 unspecified atom stereocenters. The molecule has 0 aromatic heterocycles. The second-order valence-corrected chi connectivity index (χ2v) is 5.40. The van der Waals surface area contributed by atoms with E-state index in [0.29, 0.717) is 16.3 Å². The van der Waals surface area contributed by atoms with Gasteiger partial charge >= 0.3 is 0 Å². The Kier molecular flexibility index (Phi) is 4.01. The number of nitrogens with zero attached hydrogens (tertiary/aromatic N) is 2. The van der Waals surface area contributed by atoms with Crippen LogP contribution in [0.25, 0.3) is 6.08 Å². The number of nitrogens with one attached hydrogen (secondary N) is 1. The number of carbonyl (C=O) groups excluding carboxylic acids is 2. The minimum Gasteiger partial charge on any atom is -0.267 e. The maximum Gasteiger partial charge on any atom is 0.282 e. The number of hydrogen-bond acceptors (Lipinski definition) is 4.